The lowest BCUT2D eigenvalue weighted by atomic mass is 9.74. The fraction of sp³-hybridized carbons (Fsp3) is 0.786. The van der Waals surface area contributed by atoms with E-state index in [4.69, 9.17) is 9.72 Å². The highest BCUT2D eigenvalue weighted by Gasteiger charge is 2.47. The van der Waals surface area contributed by atoms with Crippen molar-refractivity contribution < 1.29 is 4.74 Å². The smallest absolute Gasteiger partial charge is 0.113 e. The predicted octanol–water partition coefficient (Wildman–Crippen LogP) is 3.15. The van der Waals surface area contributed by atoms with Crippen LogP contribution in [-0.2, 0) is 10.3 Å². The molecule has 0 amide bonds. The molecule has 1 aromatic rings. The summed E-state index contributed by atoms with van der Waals surface area (Å²) in [7, 11) is 0. The largest absolute Gasteiger partial charge is 0.378 e. The van der Waals surface area contributed by atoms with Crippen molar-refractivity contribution in [3.05, 3.63) is 15.6 Å². The van der Waals surface area contributed by atoms with Gasteiger partial charge in [-0.15, -0.1) is 11.3 Å². The molecule has 0 aromatic carbocycles. The van der Waals surface area contributed by atoms with Crippen molar-refractivity contribution in [2.75, 3.05) is 13.2 Å². The van der Waals surface area contributed by atoms with E-state index in [9.17, 15) is 0 Å². The second-order valence-electron chi connectivity index (χ2n) is 5.16. The minimum Gasteiger partial charge on any atom is -0.378 e. The maximum atomic E-state index is 5.71. The van der Waals surface area contributed by atoms with Gasteiger partial charge in [-0.25, -0.2) is 4.98 Å². The van der Waals surface area contributed by atoms with Gasteiger partial charge in [0.2, 0.25) is 0 Å². The lowest BCUT2D eigenvalue weighted by Gasteiger charge is -2.46. The Bertz CT molecular complexity index is 377. The van der Waals surface area contributed by atoms with Crippen molar-refractivity contribution in [3.63, 3.8) is 0 Å². The lowest BCUT2D eigenvalue weighted by Crippen LogP contribution is -2.55. The number of ether oxygens (including phenoxy) is 1. The highest BCUT2D eigenvalue weighted by Crippen LogP contribution is 2.45. The van der Waals surface area contributed by atoms with E-state index in [0.717, 1.165) is 32.4 Å². The van der Waals surface area contributed by atoms with E-state index in [1.54, 1.807) is 0 Å². The summed E-state index contributed by atoms with van der Waals surface area (Å²) in [5.41, 5.74) is 1.26. The van der Waals surface area contributed by atoms with Crippen molar-refractivity contribution in [1.82, 2.24) is 10.3 Å². The zero-order chi connectivity index (χ0) is 13.2. The van der Waals surface area contributed by atoms with Crippen LogP contribution in [0.25, 0.3) is 0 Å². The quantitative estimate of drug-likeness (QED) is 0.860. The summed E-state index contributed by atoms with van der Waals surface area (Å²) in [5.74, 6) is 0. The summed E-state index contributed by atoms with van der Waals surface area (Å²) < 4.78 is 5.71. The fourth-order valence-corrected chi connectivity index (χ4v) is 3.61. The van der Waals surface area contributed by atoms with Crippen LogP contribution in [0.15, 0.2) is 0 Å². The molecule has 0 saturated heterocycles. The highest BCUT2D eigenvalue weighted by molar-refractivity contribution is 7.11. The van der Waals surface area contributed by atoms with Gasteiger partial charge < -0.3 is 10.1 Å². The Balaban J connectivity index is 2.11. The van der Waals surface area contributed by atoms with E-state index in [2.05, 4.69) is 33.0 Å². The minimum atomic E-state index is 0.0829. The van der Waals surface area contributed by atoms with Gasteiger partial charge in [-0.05, 0) is 46.6 Å². The van der Waals surface area contributed by atoms with Crippen molar-refractivity contribution >= 4 is 11.3 Å². The van der Waals surface area contributed by atoms with Crippen LogP contribution in [0.2, 0.25) is 0 Å². The third-order valence-electron chi connectivity index (χ3n) is 3.71. The molecule has 1 fully saturated rings. The number of hydrogen-bond acceptors (Lipinski definition) is 4. The highest BCUT2D eigenvalue weighted by atomic mass is 32.1. The van der Waals surface area contributed by atoms with Gasteiger partial charge in [-0.2, -0.15) is 0 Å². The van der Waals surface area contributed by atoms with Crippen LogP contribution >= 0.6 is 11.3 Å². The summed E-state index contributed by atoms with van der Waals surface area (Å²) in [6, 6.07) is 0. The van der Waals surface area contributed by atoms with E-state index in [0.29, 0.717) is 6.10 Å². The summed E-state index contributed by atoms with van der Waals surface area (Å²) in [4.78, 5) is 6.09. The molecule has 0 bridgehead atoms. The van der Waals surface area contributed by atoms with Gasteiger partial charge in [-0.1, -0.05) is 6.92 Å². The molecule has 4 heteroatoms. The average Bonchev–Trinajstić information content (AvgIpc) is 2.62. The van der Waals surface area contributed by atoms with Crippen LogP contribution in [0.4, 0.5) is 0 Å². The molecule has 1 N–H and O–H groups in total. The molecule has 1 aromatic heterocycles. The number of rotatable bonds is 6. The summed E-state index contributed by atoms with van der Waals surface area (Å²) in [6.07, 6.45) is 3.69. The first-order valence-corrected chi connectivity index (χ1v) is 7.74. The lowest BCUT2D eigenvalue weighted by molar-refractivity contribution is -0.0535. The van der Waals surface area contributed by atoms with Crippen LogP contribution in [-0.4, -0.2) is 24.2 Å². The second-order valence-corrected chi connectivity index (χ2v) is 6.36. The monoisotopic (exact) mass is 268 g/mol. The number of hydrogen-bond donors (Lipinski definition) is 1. The number of thiazole rings is 1. The number of aromatic nitrogens is 1. The first-order valence-electron chi connectivity index (χ1n) is 6.92. The third kappa shape index (κ3) is 2.60. The average molecular weight is 268 g/mol. The third-order valence-corrected chi connectivity index (χ3v) is 4.98. The van der Waals surface area contributed by atoms with Crippen molar-refractivity contribution in [2.45, 2.75) is 58.6 Å². The molecule has 18 heavy (non-hydrogen) atoms. The molecule has 1 saturated carbocycles. The Hall–Kier alpha value is -0.450. The van der Waals surface area contributed by atoms with Gasteiger partial charge >= 0.3 is 0 Å². The van der Waals surface area contributed by atoms with Crippen LogP contribution in [0.5, 0.6) is 0 Å². The Morgan fingerprint density at radius 1 is 1.39 bits per heavy atom. The number of nitrogens with zero attached hydrogens (tertiary/aromatic N) is 1. The number of aryl methyl sites for hydroxylation is 2. The van der Waals surface area contributed by atoms with E-state index >= 15 is 0 Å². The molecule has 0 radical (unpaired) electrons. The van der Waals surface area contributed by atoms with Gasteiger partial charge in [0.25, 0.3) is 0 Å². The van der Waals surface area contributed by atoms with Gasteiger partial charge in [-0.3, -0.25) is 0 Å². The molecule has 0 spiro atoms. The van der Waals surface area contributed by atoms with Gasteiger partial charge in [0.1, 0.15) is 5.01 Å². The zero-order valence-electron chi connectivity index (χ0n) is 11.9. The topological polar surface area (TPSA) is 34.2 Å². The SMILES string of the molecule is CCCNC1(c2nc(C)c(C)s2)CC(OCC)C1. The van der Waals surface area contributed by atoms with Crippen LogP contribution in [0.1, 0.15) is 48.7 Å². The Labute approximate surface area is 114 Å². The Morgan fingerprint density at radius 3 is 2.61 bits per heavy atom. The maximum Gasteiger partial charge on any atom is 0.113 e. The van der Waals surface area contributed by atoms with Crippen LogP contribution < -0.4 is 5.32 Å². The normalized spacial score (nSPS) is 27.2. The molecule has 2 rings (SSSR count). The predicted molar refractivity (Wildman–Crippen MR) is 76.2 cm³/mol. The molecule has 0 unspecified atom stereocenters. The molecule has 0 atom stereocenters. The minimum absolute atomic E-state index is 0.0829. The van der Waals surface area contributed by atoms with E-state index in [1.165, 1.54) is 15.6 Å². The second kappa shape index (κ2) is 5.68. The van der Waals surface area contributed by atoms with Gasteiger partial charge in [0, 0.05) is 11.5 Å². The van der Waals surface area contributed by atoms with Crippen molar-refractivity contribution in [2.24, 2.45) is 0 Å². The first-order chi connectivity index (χ1) is 8.61. The van der Waals surface area contributed by atoms with E-state index in [-0.39, 0.29) is 5.54 Å². The summed E-state index contributed by atoms with van der Waals surface area (Å²) in [6.45, 7) is 10.4. The van der Waals surface area contributed by atoms with E-state index in [1.807, 2.05) is 11.3 Å². The maximum absolute atomic E-state index is 5.71. The van der Waals surface area contributed by atoms with Crippen LogP contribution in [0.3, 0.4) is 0 Å². The molecule has 3 nitrogen and oxygen atoms in total. The fourth-order valence-electron chi connectivity index (χ4n) is 2.51. The van der Waals surface area contributed by atoms with Crippen molar-refractivity contribution in [1.29, 1.82) is 0 Å². The molecule has 1 aliphatic carbocycles. The van der Waals surface area contributed by atoms with Crippen LogP contribution in [0, 0.1) is 13.8 Å². The Kier molecular flexibility index (Phi) is 4.41. The number of nitrogens with one attached hydrogen (secondary N) is 1. The van der Waals surface area contributed by atoms with Crippen molar-refractivity contribution in [3.8, 4) is 0 Å². The first kappa shape index (κ1) is 14.0. The Morgan fingerprint density at radius 2 is 2.11 bits per heavy atom. The molecule has 1 aliphatic rings. The molecule has 102 valence electrons. The van der Waals surface area contributed by atoms with Gasteiger partial charge in [0.15, 0.2) is 0 Å². The molecule has 1 heterocycles. The van der Waals surface area contributed by atoms with E-state index < -0.39 is 0 Å². The standard InChI is InChI=1S/C14H24N2OS/c1-5-7-15-14(8-12(9-14)17-6-2)13-16-10(3)11(4)18-13/h12,15H,5-9H2,1-4H3. The molecule has 0 aliphatic heterocycles. The summed E-state index contributed by atoms with van der Waals surface area (Å²) >= 11 is 1.84. The van der Waals surface area contributed by atoms with Gasteiger partial charge in [0.05, 0.1) is 17.3 Å². The zero-order valence-corrected chi connectivity index (χ0v) is 12.7. The molecular formula is C14H24N2OS. The summed E-state index contributed by atoms with van der Waals surface area (Å²) in [5, 5.41) is 4.95. The molecular weight excluding hydrogens is 244 g/mol.